The second-order valence-electron chi connectivity index (χ2n) is 8.08. The van der Waals surface area contributed by atoms with Gasteiger partial charge in [-0.2, -0.15) is 0 Å². The Hall–Kier alpha value is -3.72. The van der Waals surface area contributed by atoms with Crippen molar-refractivity contribution in [1.29, 1.82) is 0 Å². The molecule has 3 rings (SSSR count). The van der Waals surface area contributed by atoms with Gasteiger partial charge in [-0.15, -0.1) is 0 Å². The normalized spacial score (nSPS) is 12.4. The number of benzene rings is 3. The summed E-state index contributed by atoms with van der Waals surface area (Å²) in [6.45, 7) is 1.89. The largest absolute Gasteiger partial charge is 0.457 e. The Balaban J connectivity index is 1.62. The third kappa shape index (κ3) is 7.92. The zero-order valence-corrected chi connectivity index (χ0v) is 19.8. The van der Waals surface area contributed by atoms with Gasteiger partial charge in [-0.05, 0) is 53.9 Å². The maximum absolute atomic E-state index is 12.8. The third-order valence-electron chi connectivity index (χ3n) is 5.36. The van der Waals surface area contributed by atoms with E-state index in [-0.39, 0.29) is 25.7 Å². The van der Waals surface area contributed by atoms with E-state index >= 15 is 0 Å². The van der Waals surface area contributed by atoms with E-state index in [0.29, 0.717) is 5.56 Å². The fraction of sp³-hybridized carbons (Fsp3) is 0.259. The molecule has 0 aromatic heterocycles. The second kappa shape index (κ2) is 13.2. The first-order chi connectivity index (χ1) is 17.0. The van der Waals surface area contributed by atoms with Crippen LogP contribution in [0.4, 0.5) is 0 Å². The van der Waals surface area contributed by atoms with Crippen molar-refractivity contribution >= 4 is 11.8 Å². The number of methoxy groups -OCH3 is 1. The number of para-hydroxylation sites is 1. The molecule has 184 valence electrons. The van der Waals surface area contributed by atoms with Crippen LogP contribution in [0, 0.1) is 5.92 Å². The summed E-state index contributed by atoms with van der Waals surface area (Å²) < 4.78 is 16.1. The lowest BCUT2D eigenvalue weighted by atomic mass is 10.0. The van der Waals surface area contributed by atoms with Crippen molar-refractivity contribution in [2.45, 2.75) is 19.4 Å². The van der Waals surface area contributed by atoms with Crippen molar-refractivity contribution in [2.75, 3.05) is 20.5 Å². The van der Waals surface area contributed by atoms with Gasteiger partial charge in [-0.1, -0.05) is 49.4 Å². The molecule has 2 amide bonds. The van der Waals surface area contributed by atoms with Crippen molar-refractivity contribution in [3.8, 4) is 22.6 Å². The summed E-state index contributed by atoms with van der Waals surface area (Å²) >= 11 is 0. The minimum Gasteiger partial charge on any atom is -0.457 e. The van der Waals surface area contributed by atoms with E-state index in [1.165, 1.54) is 7.11 Å². The number of hydroxylamine groups is 1. The summed E-state index contributed by atoms with van der Waals surface area (Å²) in [6, 6.07) is 24.1. The van der Waals surface area contributed by atoms with Crippen LogP contribution in [-0.4, -0.2) is 43.6 Å². The lowest BCUT2D eigenvalue weighted by molar-refractivity contribution is -0.133. The Morgan fingerprint density at radius 1 is 0.886 bits per heavy atom. The van der Waals surface area contributed by atoms with Crippen LogP contribution in [0.3, 0.4) is 0 Å². The van der Waals surface area contributed by atoms with Crippen molar-refractivity contribution in [1.82, 2.24) is 10.8 Å². The Labute approximate surface area is 204 Å². The van der Waals surface area contributed by atoms with Crippen LogP contribution in [0.1, 0.15) is 23.7 Å². The van der Waals surface area contributed by atoms with E-state index in [1.54, 1.807) is 24.5 Å². The van der Waals surface area contributed by atoms with Crippen molar-refractivity contribution in [3.63, 3.8) is 0 Å². The number of carbonyl (C=O) groups is 2. The maximum Gasteiger partial charge on any atom is 0.251 e. The maximum atomic E-state index is 12.8. The molecule has 0 radical (unpaired) electrons. The minimum absolute atomic E-state index is 0.0663. The first-order valence-electron chi connectivity index (χ1n) is 11.2. The third-order valence-corrected chi connectivity index (χ3v) is 5.36. The van der Waals surface area contributed by atoms with Crippen LogP contribution in [0.5, 0.6) is 11.5 Å². The summed E-state index contributed by atoms with van der Waals surface area (Å²) in [5, 5.41) is 11.7. The molecule has 35 heavy (non-hydrogen) atoms. The van der Waals surface area contributed by atoms with Gasteiger partial charge in [-0.25, -0.2) is 5.48 Å². The van der Waals surface area contributed by atoms with Gasteiger partial charge in [0.1, 0.15) is 18.3 Å². The number of amides is 2. The second-order valence-corrected chi connectivity index (χ2v) is 8.08. The summed E-state index contributed by atoms with van der Waals surface area (Å²) in [4.78, 5) is 24.5. The number of nitrogens with one attached hydrogen (secondary N) is 2. The van der Waals surface area contributed by atoms with Gasteiger partial charge < -0.3 is 19.5 Å². The van der Waals surface area contributed by atoms with Gasteiger partial charge in [0.05, 0.1) is 12.6 Å². The SMILES string of the molecule is COCOCC(CC(C)C(=O)NO)NC(=O)c1ccc(-c2ccc(Oc3ccccc3)cc2)cc1. The van der Waals surface area contributed by atoms with Crippen LogP contribution in [0.25, 0.3) is 11.1 Å². The lowest BCUT2D eigenvalue weighted by Gasteiger charge is -2.21. The average Bonchev–Trinajstić information content (AvgIpc) is 2.89. The summed E-state index contributed by atoms with van der Waals surface area (Å²) in [5.41, 5.74) is 4.07. The molecule has 0 fully saturated rings. The number of carbonyl (C=O) groups excluding carboxylic acids is 2. The molecule has 0 saturated heterocycles. The van der Waals surface area contributed by atoms with Gasteiger partial charge in [0, 0.05) is 18.6 Å². The summed E-state index contributed by atoms with van der Waals surface area (Å²) in [7, 11) is 1.50. The van der Waals surface area contributed by atoms with E-state index in [4.69, 9.17) is 19.4 Å². The Kier molecular flexibility index (Phi) is 9.80. The Morgan fingerprint density at radius 3 is 2.09 bits per heavy atom. The van der Waals surface area contributed by atoms with Crippen molar-refractivity contribution in [2.24, 2.45) is 5.92 Å². The number of ether oxygens (including phenoxy) is 3. The Bertz CT molecular complexity index is 1070. The van der Waals surface area contributed by atoms with E-state index in [1.807, 2.05) is 66.7 Å². The highest BCUT2D eigenvalue weighted by atomic mass is 16.7. The molecule has 2 unspecified atom stereocenters. The van der Waals surface area contributed by atoms with Gasteiger partial charge in [0.2, 0.25) is 5.91 Å². The molecular weight excluding hydrogens is 448 g/mol. The molecule has 3 N–H and O–H groups in total. The molecule has 2 atom stereocenters. The zero-order chi connectivity index (χ0) is 25.0. The summed E-state index contributed by atoms with van der Waals surface area (Å²) in [5.74, 6) is 0.175. The van der Waals surface area contributed by atoms with Crippen LogP contribution < -0.4 is 15.5 Å². The molecular formula is C27H30N2O6. The molecule has 0 aliphatic carbocycles. The molecule has 0 heterocycles. The predicted molar refractivity (Wildman–Crippen MR) is 131 cm³/mol. The topological polar surface area (TPSA) is 106 Å². The quantitative estimate of drug-likeness (QED) is 0.154. The van der Waals surface area contributed by atoms with Gasteiger partial charge >= 0.3 is 0 Å². The van der Waals surface area contributed by atoms with Gasteiger partial charge in [-0.3, -0.25) is 14.8 Å². The zero-order valence-electron chi connectivity index (χ0n) is 19.8. The number of hydrogen-bond donors (Lipinski definition) is 3. The fourth-order valence-electron chi connectivity index (χ4n) is 3.51. The minimum atomic E-state index is -0.527. The fourth-order valence-corrected chi connectivity index (χ4v) is 3.51. The number of rotatable bonds is 12. The molecule has 0 bridgehead atoms. The molecule has 0 spiro atoms. The predicted octanol–water partition coefficient (Wildman–Crippen LogP) is 4.40. The molecule has 3 aromatic rings. The van der Waals surface area contributed by atoms with E-state index in [0.717, 1.165) is 22.6 Å². The average molecular weight is 479 g/mol. The smallest absolute Gasteiger partial charge is 0.251 e. The van der Waals surface area contributed by atoms with Crippen molar-refractivity contribution in [3.05, 3.63) is 84.4 Å². The standard InChI is InChI=1S/C27H30N2O6/c1-19(26(30)29-32)16-23(17-34-18-33-2)28-27(31)22-10-8-20(9-11-22)21-12-14-25(15-13-21)35-24-6-4-3-5-7-24/h3-15,19,23,32H,16-18H2,1-2H3,(H,28,31)(H,29,30). The highest BCUT2D eigenvalue weighted by Gasteiger charge is 2.21. The van der Waals surface area contributed by atoms with Crippen LogP contribution in [0.2, 0.25) is 0 Å². The van der Waals surface area contributed by atoms with Crippen molar-refractivity contribution < 1.29 is 29.0 Å². The highest BCUT2D eigenvalue weighted by Crippen LogP contribution is 2.26. The van der Waals surface area contributed by atoms with Gasteiger partial charge in [0.15, 0.2) is 0 Å². The Morgan fingerprint density at radius 2 is 1.49 bits per heavy atom. The first kappa shape index (κ1) is 25.9. The van der Waals surface area contributed by atoms with Crippen LogP contribution in [0.15, 0.2) is 78.9 Å². The molecule has 8 heteroatoms. The molecule has 8 nitrogen and oxygen atoms in total. The highest BCUT2D eigenvalue weighted by molar-refractivity contribution is 5.95. The van der Waals surface area contributed by atoms with E-state index in [2.05, 4.69) is 5.32 Å². The first-order valence-corrected chi connectivity index (χ1v) is 11.2. The van der Waals surface area contributed by atoms with Gasteiger partial charge in [0.25, 0.3) is 5.91 Å². The monoisotopic (exact) mass is 478 g/mol. The molecule has 0 aliphatic rings. The summed E-state index contributed by atoms with van der Waals surface area (Å²) in [6.07, 6.45) is 0.289. The number of hydrogen-bond acceptors (Lipinski definition) is 6. The molecule has 0 aliphatic heterocycles. The van der Waals surface area contributed by atoms with E-state index in [9.17, 15) is 9.59 Å². The molecule has 0 saturated carbocycles. The lowest BCUT2D eigenvalue weighted by Crippen LogP contribution is -2.41. The van der Waals surface area contributed by atoms with Crippen LogP contribution >= 0.6 is 0 Å². The van der Waals surface area contributed by atoms with Crippen LogP contribution in [-0.2, 0) is 14.3 Å². The molecule has 3 aromatic carbocycles. The van der Waals surface area contributed by atoms with E-state index < -0.39 is 17.9 Å².